The second-order valence-electron chi connectivity index (χ2n) is 5.85. The van der Waals surface area contributed by atoms with Crippen LogP contribution in [0.15, 0.2) is 0 Å². The molecule has 3 nitrogen and oxygen atoms in total. The normalized spacial score (nSPS) is 28.7. The molecule has 1 saturated heterocycles. The van der Waals surface area contributed by atoms with E-state index in [1.807, 2.05) is 0 Å². The summed E-state index contributed by atoms with van der Waals surface area (Å²) in [6.45, 7) is 9.80. The number of hydrogen-bond donors (Lipinski definition) is 1. The first-order chi connectivity index (χ1) is 8.83. The highest BCUT2D eigenvalue weighted by atomic mass is 16.5. The summed E-state index contributed by atoms with van der Waals surface area (Å²) in [5.41, 5.74) is 0. The Bertz CT molecular complexity index is 229. The lowest BCUT2D eigenvalue weighted by atomic mass is 9.94. The zero-order chi connectivity index (χ0) is 12.8. The molecule has 0 radical (unpaired) electrons. The van der Waals surface area contributed by atoms with Crippen molar-refractivity contribution in [1.29, 1.82) is 0 Å². The van der Waals surface area contributed by atoms with E-state index in [2.05, 4.69) is 24.1 Å². The van der Waals surface area contributed by atoms with Crippen molar-refractivity contribution >= 4 is 0 Å². The van der Waals surface area contributed by atoms with Crippen LogP contribution in [0.5, 0.6) is 0 Å². The third-order valence-electron chi connectivity index (χ3n) is 4.60. The topological polar surface area (TPSA) is 24.5 Å². The molecular formula is C15H30N2O. The maximum atomic E-state index is 6.03. The van der Waals surface area contributed by atoms with Gasteiger partial charge < -0.3 is 10.1 Å². The van der Waals surface area contributed by atoms with Gasteiger partial charge in [0.15, 0.2) is 0 Å². The number of hydrogen-bond acceptors (Lipinski definition) is 3. The van der Waals surface area contributed by atoms with E-state index in [0.717, 1.165) is 38.7 Å². The van der Waals surface area contributed by atoms with E-state index in [1.165, 1.54) is 32.1 Å². The number of rotatable bonds is 6. The first kappa shape index (κ1) is 14.3. The van der Waals surface area contributed by atoms with Crippen LogP contribution in [0.25, 0.3) is 0 Å². The van der Waals surface area contributed by atoms with Gasteiger partial charge in [0, 0.05) is 19.1 Å². The third kappa shape index (κ3) is 3.94. The number of nitrogens with zero attached hydrogens (tertiary/aromatic N) is 1. The summed E-state index contributed by atoms with van der Waals surface area (Å²) in [5, 5.41) is 3.67. The summed E-state index contributed by atoms with van der Waals surface area (Å²) in [7, 11) is 0. The van der Waals surface area contributed by atoms with Crippen LogP contribution in [-0.4, -0.2) is 49.8 Å². The van der Waals surface area contributed by atoms with Crippen LogP contribution in [-0.2, 0) is 4.74 Å². The number of ether oxygens (including phenoxy) is 1. The lowest BCUT2D eigenvalue weighted by Gasteiger charge is -2.37. The standard InChI is InChI=1S/C15H30N2O/c1-3-16-14(11-13-7-5-6-8-13)15-12-17(4-2)9-10-18-15/h13-16H,3-12H2,1-2H3. The van der Waals surface area contributed by atoms with E-state index in [9.17, 15) is 0 Å². The molecule has 1 N–H and O–H groups in total. The fourth-order valence-electron chi connectivity index (χ4n) is 3.50. The van der Waals surface area contributed by atoms with Crippen molar-refractivity contribution in [3.8, 4) is 0 Å². The molecule has 2 rings (SSSR count). The summed E-state index contributed by atoms with van der Waals surface area (Å²) in [4.78, 5) is 2.52. The maximum Gasteiger partial charge on any atom is 0.0855 e. The van der Waals surface area contributed by atoms with Crippen molar-refractivity contribution in [1.82, 2.24) is 10.2 Å². The molecule has 3 heteroatoms. The Morgan fingerprint density at radius 1 is 1.28 bits per heavy atom. The molecule has 2 atom stereocenters. The van der Waals surface area contributed by atoms with Crippen LogP contribution in [0.2, 0.25) is 0 Å². The van der Waals surface area contributed by atoms with Crippen molar-refractivity contribution in [3.05, 3.63) is 0 Å². The molecule has 0 aromatic heterocycles. The predicted octanol–water partition coefficient (Wildman–Crippen LogP) is 2.27. The van der Waals surface area contributed by atoms with Crippen molar-refractivity contribution in [2.45, 2.75) is 58.1 Å². The van der Waals surface area contributed by atoms with E-state index >= 15 is 0 Å². The quantitative estimate of drug-likeness (QED) is 0.787. The molecule has 0 aromatic rings. The van der Waals surface area contributed by atoms with Gasteiger partial charge in [-0.3, -0.25) is 4.90 Å². The minimum absolute atomic E-state index is 0.402. The van der Waals surface area contributed by atoms with Crippen molar-refractivity contribution < 1.29 is 4.74 Å². The first-order valence-electron chi connectivity index (χ1n) is 7.90. The molecule has 0 amide bonds. The molecule has 1 heterocycles. The SMILES string of the molecule is CCNC(CC1CCCC1)C1CN(CC)CCO1. The van der Waals surface area contributed by atoms with Gasteiger partial charge in [-0.15, -0.1) is 0 Å². The Morgan fingerprint density at radius 2 is 2.06 bits per heavy atom. The van der Waals surface area contributed by atoms with Crippen LogP contribution in [0.3, 0.4) is 0 Å². The minimum Gasteiger partial charge on any atom is -0.374 e. The van der Waals surface area contributed by atoms with Gasteiger partial charge in [-0.05, 0) is 25.4 Å². The molecule has 0 aromatic carbocycles. The Kier molecular flexibility index (Phi) is 5.93. The molecule has 106 valence electrons. The van der Waals surface area contributed by atoms with Gasteiger partial charge in [-0.2, -0.15) is 0 Å². The fraction of sp³-hybridized carbons (Fsp3) is 1.00. The van der Waals surface area contributed by atoms with Gasteiger partial charge >= 0.3 is 0 Å². The number of nitrogens with one attached hydrogen (secondary N) is 1. The van der Waals surface area contributed by atoms with Gasteiger partial charge in [-0.25, -0.2) is 0 Å². The summed E-state index contributed by atoms with van der Waals surface area (Å²) < 4.78 is 6.03. The molecule has 0 bridgehead atoms. The lowest BCUT2D eigenvalue weighted by Crippen LogP contribution is -2.52. The van der Waals surface area contributed by atoms with Crippen molar-refractivity contribution in [3.63, 3.8) is 0 Å². The zero-order valence-electron chi connectivity index (χ0n) is 12.2. The lowest BCUT2D eigenvalue weighted by molar-refractivity contribution is -0.0482. The molecule has 1 saturated carbocycles. The second kappa shape index (κ2) is 7.46. The first-order valence-corrected chi connectivity index (χ1v) is 7.90. The van der Waals surface area contributed by atoms with Gasteiger partial charge in [0.25, 0.3) is 0 Å². The van der Waals surface area contributed by atoms with Crippen molar-refractivity contribution in [2.75, 3.05) is 32.8 Å². The van der Waals surface area contributed by atoms with Gasteiger partial charge in [0.2, 0.25) is 0 Å². The minimum atomic E-state index is 0.402. The van der Waals surface area contributed by atoms with Gasteiger partial charge in [-0.1, -0.05) is 39.5 Å². The molecule has 2 fully saturated rings. The average Bonchev–Trinajstić information content (AvgIpc) is 2.91. The van der Waals surface area contributed by atoms with Crippen LogP contribution in [0.1, 0.15) is 46.0 Å². The maximum absolute atomic E-state index is 6.03. The van der Waals surface area contributed by atoms with Crippen LogP contribution >= 0.6 is 0 Å². The Labute approximate surface area is 112 Å². The Balaban J connectivity index is 1.86. The monoisotopic (exact) mass is 254 g/mol. The number of morpholine rings is 1. The van der Waals surface area contributed by atoms with Crippen LogP contribution < -0.4 is 5.32 Å². The molecule has 1 aliphatic heterocycles. The predicted molar refractivity (Wildman–Crippen MR) is 75.9 cm³/mol. The molecule has 2 unspecified atom stereocenters. The molecule has 2 aliphatic rings. The molecule has 0 spiro atoms. The Hall–Kier alpha value is -0.120. The summed E-state index contributed by atoms with van der Waals surface area (Å²) in [5.74, 6) is 0.939. The fourth-order valence-corrected chi connectivity index (χ4v) is 3.50. The third-order valence-corrected chi connectivity index (χ3v) is 4.60. The second-order valence-corrected chi connectivity index (χ2v) is 5.85. The summed E-state index contributed by atoms with van der Waals surface area (Å²) in [6, 6.07) is 0.562. The molecule has 1 aliphatic carbocycles. The highest BCUT2D eigenvalue weighted by molar-refractivity contribution is 4.85. The zero-order valence-corrected chi connectivity index (χ0v) is 12.2. The van der Waals surface area contributed by atoms with Gasteiger partial charge in [0.05, 0.1) is 12.7 Å². The smallest absolute Gasteiger partial charge is 0.0855 e. The van der Waals surface area contributed by atoms with E-state index in [0.29, 0.717) is 12.1 Å². The highest BCUT2D eigenvalue weighted by Crippen LogP contribution is 2.30. The van der Waals surface area contributed by atoms with Crippen molar-refractivity contribution in [2.24, 2.45) is 5.92 Å². The highest BCUT2D eigenvalue weighted by Gasteiger charge is 2.29. The number of likely N-dealkylation sites (N-methyl/N-ethyl adjacent to an activating group) is 2. The largest absolute Gasteiger partial charge is 0.374 e. The van der Waals surface area contributed by atoms with E-state index in [-0.39, 0.29) is 0 Å². The molecule has 18 heavy (non-hydrogen) atoms. The van der Waals surface area contributed by atoms with E-state index < -0.39 is 0 Å². The molecular weight excluding hydrogens is 224 g/mol. The average molecular weight is 254 g/mol. The van der Waals surface area contributed by atoms with Crippen LogP contribution in [0.4, 0.5) is 0 Å². The van der Waals surface area contributed by atoms with Crippen LogP contribution in [0, 0.1) is 5.92 Å². The summed E-state index contributed by atoms with van der Waals surface area (Å²) >= 11 is 0. The summed E-state index contributed by atoms with van der Waals surface area (Å²) in [6.07, 6.45) is 7.47. The van der Waals surface area contributed by atoms with E-state index in [1.54, 1.807) is 0 Å². The van der Waals surface area contributed by atoms with E-state index in [4.69, 9.17) is 4.74 Å². The Morgan fingerprint density at radius 3 is 2.72 bits per heavy atom. The van der Waals surface area contributed by atoms with Gasteiger partial charge in [0.1, 0.15) is 0 Å².